The molecular formula is C30H27N3O2. The number of anilines is 3. The number of hydrogen-bond acceptors (Lipinski definition) is 4. The summed E-state index contributed by atoms with van der Waals surface area (Å²) in [6, 6.07) is 30.3. The minimum Gasteiger partial charge on any atom is -0.456 e. The Morgan fingerprint density at radius 2 is 1.29 bits per heavy atom. The number of ether oxygens (including phenoxy) is 1. The number of fused-ring (bicyclic) bond motifs is 6. The maximum atomic E-state index is 14.1. The standard InChI is InChI=1S/C30H27N3O2/c1-3-31-20-14-16-25-27(18-20)35-28-19-21(32-4-2)15-17-26(28)30(25)24-13-9-8-12-23(24)29(34)33(30)22-10-6-5-7-11-22/h5-19,31-32H,3-4H2,1-2H3. The zero-order valence-electron chi connectivity index (χ0n) is 19.8. The normalized spacial score (nSPS) is 14.7. The molecule has 0 fully saturated rings. The first kappa shape index (κ1) is 21.3. The zero-order chi connectivity index (χ0) is 24.0. The SMILES string of the molecule is CCNc1ccc2c(c1)Oc1cc(NCC)ccc1C21c2ccccc2C(=O)N1c1ccccc1. The van der Waals surface area contributed by atoms with E-state index in [0.717, 1.165) is 58.3 Å². The van der Waals surface area contributed by atoms with Gasteiger partial charge in [0.05, 0.1) is 0 Å². The van der Waals surface area contributed by atoms with Crippen LogP contribution in [0.2, 0.25) is 0 Å². The first-order valence-corrected chi connectivity index (χ1v) is 12.1. The van der Waals surface area contributed by atoms with Crippen LogP contribution in [-0.2, 0) is 5.54 Å². The van der Waals surface area contributed by atoms with Crippen molar-refractivity contribution in [1.29, 1.82) is 0 Å². The van der Waals surface area contributed by atoms with E-state index in [1.165, 1.54) is 0 Å². The number of para-hydroxylation sites is 1. The van der Waals surface area contributed by atoms with E-state index in [1.807, 2.05) is 65.6 Å². The Kier molecular flexibility index (Phi) is 4.99. The van der Waals surface area contributed by atoms with Gasteiger partial charge >= 0.3 is 0 Å². The van der Waals surface area contributed by atoms with E-state index >= 15 is 0 Å². The van der Waals surface area contributed by atoms with E-state index in [1.54, 1.807) is 0 Å². The first-order valence-electron chi connectivity index (χ1n) is 12.1. The van der Waals surface area contributed by atoms with Crippen LogP contribution in [0.1, 0.15) is 40.9 Å². The highest BCUT2D eigenvalue weighted by molar-refractivity contribution is 6.14. The second kappa shape index (κ2) is 8.20. The Balaban J connectivity index is 1.71. The van der Waals surface area contributed by atoms with E-state index in [4.69, 9.17) is 4.74 Å². The predicted molar refractivity (Wildman–Crippen MR) is 141 cm³/mol. The van der Waals surface area contributed by atoms with E-state index in [9.17, 15) is 4.79 Å². The van der Waals surface area contributed by atoms with Gasteiger partial charge in [0, 0.05) is 64.5 Å². The largest absolute Gasteiger partial charge is 0.456 e. The average Bonchev–Trinajstić information content (AvgIpc) is 3.14. The molecule has 4 aromatic carbocycles. The zero-order valence-corrected chi connectivity index (χ0v) is 19.8. The molecule has 1 amide bonds. The molecule has 2 N–H and O–H groups in total. The highest BCUT2D eigenvalue weighted by atomic mass is 16.5. The van der Waals surface area contributed by atoms with Gasteiger partial charge in [0.15, 0.2) is 0 Å². The van der Waals surface area contributed by atoms with E-state index in [-0.39, 0.29) is 5.91 Å². The third-order valence-electron chi connectivity index (χ3n) is 6.82. The van der Waals surface area contributed by atoms with Crippen molar-refractivity contribution in [2.45, 2.75) is 19.4 Å². The number of amides is 1. The summed E-state index contributed by atoms with van der Waals surface area (Å²) in [5, 5.41) is 6.78. The molecule has 1 spiro atoms. The quantitative estimate of drug-likeness (QED) is 0.351. The Morgan fingerprint density at radius 3 is 1.89 bits per heavy atom. The van der Waals surface area contributed by atoms with Crippen LogP contribution in [0, 0.1) is 0 Å². The van der Waals surface area contributed by atoms with Gasteiger partial charge in [-0.1, -0.05) is 48.5 Å². The second-order valence-corrected chi connectivity index (χ2v) is 8.82. The van der Waals surface area contributed by atoms with Crippen molar-refractivity contribution in [1.82, 2.24) is 0 Å². The number of nitrogens with one attached hydrogen (secondary N) is 2. The molecule has 4 aromatic rings. The summed E-state index contributed by atoms with van der Waals surface area (Å²) in [6.45, 7) is 5.76. The molecule has 0 unspecified atom stereocenters. The summed E-state index contributed by atoms with van der Waals surface area (Å²) in [7, 11) is 0. The molecule has 174 valence electrons. The van der Waals surface area contributed by atoms with Crippen molar-refractivity contribution in [3.05, 3.63) is 113 Å². The fourth-order valence-corrected chi connectivity index (χ4v) is 5.50. The van der Waals surface area contributed by atoms with Gasteiger partial charge < -0.3 is 15.4 Å². The van der Waals surface area contributed by atoms with Crippen LogP contribution in [0.15, 0.2) is 91.0 Å². The van der Waals surface area contributed by atoms with Gasteiger partial charge in [-0.25, -0.2) is 0 Å². The smallest absolute Gasteiger partial charge is 0.260 e. The Morgan fingerprint density at radius 1 is 0.714 bits per heavy atom. The lowest BCUT2D eigenvalue weighted by Gasteiger charge is -2.44. The first-order chi connectivity index (χ1) is 17.2. The molecule has 35 heavy (non-hydrogen) atoms. The topological polar surface area (TPSA) is 53.6 Å². The molecule has 2 aliphatic rings. The molecule has 2 heterocycles. The highest BCUT2D eigenvalue weighted by Crippen LogP contribution is 2.59. The van der Waals surface area contributed by atoms with Crippen LogP contribution in [-0.4, -0.2) is 19.0 Å². The van der Waals surface area contributed by atoms with Crippen molar-refractivity contribution < 1.29 is 9.53 Å². The number of rotatable bonds is 5. The Hall–Kier alpha value is -4.25. The summed E-state index contributed by atoms with van der Waals surface area (Å²) in [5.74, 6) is 1.47. The van der Waals surface area contributed by atoms with Crippen LogP contribution in [0.5, 0.6) is 11.5 Å². The van der Waals surface area contributed by atoms with Crippen LogP contribution < -0.4 is 20.3 Å². The maximum Gasteiger partial charge on any atom is 0.260 e. The molecular weight excluding hydrogens is 434 g/mol. The molecule has 0 atom stereocenters. The Bertz CT molecular complexity index is 1380. The number of benzene rings is 4. The monoisotopic (exact) mass is 461 g/mol. The summed E-state index contributed by atoms with van der Waals surface area (Å²) in [5.41, 5.74) is 5.53. The predicted octanol–water partition coefficient (Wildman–Crippen LogP) is 6.61. The molecule has 5 nitrogen and oxygen atoms in total. The lowest BCUT2D eigenvalue weighted by molar-refractivity contribution is 0.0986. The van der Waals surface area contributed by atoms with Crippen LogP contribution in [0.3, 0.4) is 0 Å². The molecule has 0 aliphatic carbocycles. The van der Waals surface area contributed by atoms with Crippen LogP contribution in [0.4, 0.5) is 17.1 Å². The fraction of sp³-hybridized carbons (Fsp3) is 0.167. The van der Waals surface area contributed by atoms with Crippen LogP contribution in [0.25, 0.3) is 0 Å². The molecule has 5 heteroatoms. The van der Waals surface area contributed by atoms with Crippen molar-refractivity contribution in [3.63, 3.8) is 0 Å². The van der Waals surface area contributed by atoms with Crippen molar-refractivity contribution >= 4 is 23.0 Å². The van der Waals surface area contributed by atoms with E-state index in [0.29, 0.717) is 5.56 Å². The summed E-state index contributed by atoms with van der Waals surface area (Å²) in [4.78, 5) is 16.0. The number of carbonyl (C=O) groups excluding carboxylic acids is 1. The minimum atomic E-state index is -0.854. The van der Waals surface area contributed by atoms with Gasteiger partial charge in [0.1, 0.15) is 17.0 Å². The number of hydrogen-bond donors (Lipinski definition) is 2. The fourth-order valence-electron chi connectivity index (χ4n) is 5.50. The highest BCUT2D eigenvalue weighted by Gasteiger charge is 2.56. The van der Waals surface area contributed by atoms with E-state index in [2.05, 4.69) is 54.8 Å². The summed E-state index contributed by atoms with van der Waals surface area (Å²) < 4.78 is 6.55. The number of carbonyl (C=O) groups is 1. The average molecular weight is 462 g/mol. The van der Waals surface area contributed by atoms with Gasteiger partial charge in [-0.05, 0) is 44.2 Å². The third-order valence-corrected chi connectivity index (χ3v) is 6.82. The minimum absolute atomic E-state index is 0.0166. The summed E-state index contributed by atoms with van der Waals surface area (Å²) >= 11 is 0. The summed E-state index contributed by atoms with van der Waals surface area (Å²) in [6.07, 6.45) is 0. The van der Waals surface area contributed by atoms with Gasteiger partial charge in [-0.15, -0.1) is 0 Å². The molecule has 0 saturated carbocycles. The lowest BCUT2D eigenvalue weighted by atomic mass is 9.74. The lowest BCUT2D eigenvalue weighted by Crippen LogP contribution is -2.47. The van der Waals surface area contributed by atoms with Gasteiger partial charge in [-0.2, -0.15) is 0 Å². The molecule has 2 aliphatic heterocycles. The second-order valence-electron chi connectivity index (χ2n) is 8.82. The molecule has 0 radical (unpaired) electrons. The third kappa shape index (κ3) is 3.04. The Labute approximate surface area is 205 Å². The number of nitrogens with zero attached hydrogens (tertiary/aromatic N) is 1. The van der Waals surface area contributed by atoms with Crippen molar-refractivity contribution in [2.24, 2.45) is 0 Å². The van der Waals surface area contributed by atoms with Gasteiger partial charge in [0.2, 0.25) is 0 Å². The van der Waals surface area contributed by atoms with Gasteiger partial charge in [-0.3, -0.25) is 9.69 Å². The molecule has 6 rings (SSSR count). The van der Waals surface area contributed by atoms with Crippen molar-refractivity contribution in [2.75, 3.05) is 28.6 Å². The van der Waals surface area contributed by atoms with Gasteiger partial charge in [0.25, 0.3) is 5.91 Å². The molecule has 0 saturated heterocycles. The molecule has 0 bridgehead atoms. The van der Waals surface area contributed by atoms with Crippen LogP contribution >= 0.6 is 0 Å². The van der Waals surface area contributed by atoms with E-state index < -0.39 is 5.54 Å². The van der Waals surface area contributed by atoms with Crippen molar-refractivity contribution in [3.8, 4) is 11.5 Å². The molecule has 0 aromatic heterocycles. The maximum absolute atomic E-state index is 14.1.